The second-order valence-electron chi connectivity index (χ2n) is 9.67. The number of nitrogens with zero attached hydrogens (tertiary/aromatic N) is 3. The summed E-state index contributed by atoms with van der Waals surface area (Å²) in [5.74, 6) is 0.404. The Morgan fingerprint density at radius 3 is 1.98 bits per heavy atom. The molecule has 0 unspecified atom stereocenters. The normalized spacial score (nSPS) is 18.7. The summed E-state index contributed by atoms with van der Waals surface area (Å²) in [7, 11) is 3.19. The second-order valence-corrected chi connectivity index (χ2v) is 9.67. The van der Waals surface area contributed by atoms with Gasteiger partial charge < -0.3 is 24.0 Å². The zero-order valence-electron chi connectivity index (χ0n) is 22.9. The predicted octanol–water partition coefficient (Wildman–Crippen LogP) is 4.49. The molecular weight excluding hydrogens is 510 g/mol. The van der Waals surface area contributed by atoms with E-state index in [0.717, 1.165) is 5.56 Å². The van der Waals surface area contributed by atoms with Crippen LogP contribution in [0.5, 0.6) is 11.5 Å². The first-order chi connectivity index (χ1) is 19.5. The van der Waals surface area contributed by atoms with Crippen molar-refractivity contribution in [3.8, 4) is 11.5 Å². The Bertz CT molecular complexity index is 1370. The lowest BCUT2D eigenvalue weighted by Crippen LogP contribution is -2.54. The molecule has 0 aromatic heterocycles. The van der Waals surface area contributed by atoms with Gasteiger partial charge in [0.1, 0.15) is 11.5 Å². The number of methoxy groups -OCH3 is 2. The molecule has 2 aliphatic rings. The summed E-state index contributed by atoms with van der Waals surface area (Å²) in [5.41, 5.74) is 2.65. The molecule has 3 aromatic carbocycles. The maximum atomic E-state index is 14.4. The van der Waals surface area contributed by atoms with Crippen LogP contribution in [0.25, 0.3) is 0 Å². The smallest absolute Gasteiger partial charge is 0.409 e. The number of piperazine rings is 1. The van der Waals surface area contributed by atoms with Crippen molar-refractivity contribution in [3.05, 3.63) is 89.5 Å². The molecule has 3 aromatic rings. The number of rotatable bonds is 6. The van der Waals surface area contributed by atoms with Gasteiger partial charge in [-0.1, -0.05) is 30.3 Å². The molecule has 1 fully saturated rings. The highest BCUT2D eigenvalue weighted by Gasteiger charge is 2.46. The third-order valence-electron chi connectivity index (χ3n) is 7.53. The topological polar surface area (TPSA) is 88.6 Å². The lowest BCUT2D eigenvalue weighted by Gasteiger charge is -2.44. The van der Waals surface area contributed by atoms with E-state index in [0.29, 0.717) is 61.1 Å². The summed E-state index contributed by atoms with van der Waals surface area (Å²) in [5, 5.41) is 0. The minimum atomic E-state index is -0.668. The molecule has 40 heavy (non-hydrogen) atoms. The van der Waals surface area contributed by atoms with Crippen molar-refractivity contribution in [2.75, 3.05) is 51.9 Å². The molecule has 3 amide bonds. The molecule has 2 atom stereocenters. The molecule has 2 aliphatic heterocycles. The number of hydrogen-bond donors (Lipinski definition) is 0. The minimum Gasteiger partial charge on any atom is -0.497 e. The second kappa shape index (κ2) is 11.7. The highest BCUT2D eigenvalue weighted by Crippen LogP contribution is 2.46. The maximum absolute atomic E-state index is 14.4. The first-order valence-electron chi connectivity index (χ1n) is 13.4. The van der Waals surface area contributed by atoms with E-state index in [-0.39, 0.29) is 17.9 Å². The van der Waals surface area contributed by atoms with E-state index in [4.69, 9.17) is 14.2 Å². The summed E-state index contributed by atoms with van der Waals surface area (Å²) in [6, 6.07) is 21.5. The first-order valence-corrected chi connectivity index (χ1v) is 13.4. The van der Waals surface area contributed by atoms with Crippen molar-refractivity contribution in [2.24, 2.45) is 0 Å². The van der Waals surface area contributed by atoms with Gasteiger partial charge in [0.25, 0.3) is 5.91 Å². The van der Waals surface area contributed by atoms with Crippen molar-refractivity contribution in [1.29, 1.82) is 0 Å². The molecule has 208 valence electrons. The van der Waals surface area contributed by atoms with Gasteiger partial charge >= 0.3 is 6.09 Å². The van der Waals surface area contributed by atoms with E-state index in [1.54, 1.807) is 54.0 Å². The van der Waals surface area contributed by atoms with E-state index in [1.807, 2.05) is 54.6 Å². The van der Waals surface area contributed by atoms with Crippen LogP contribution in [0.4, 0.5) is 10.5 Å². The van der Waals surface area contributed by atoms with Crippen LogP contribution in [0.1, 0.15) is 40.4 Å². The van der Waals surface area contributed by atoms with Crippen molar-refractivity contribution >= 4 is 23.6 Å². The van der Waals surface area contributed by atoms with Gasteiger partial charge in [0.15, 0.2) is 0 Å². The number of ether oxygens (including phenoxy) is 3. The Labute approximate surface area is 233 Å². The van der Waals surface area contributed by atoms with Gasteiger partial charge in [0, 0.05) is 37.4 Å². The third kappa shape index (κ3) is 5.06. The van der Waals surface area contributed by atoms with Crippen LogP contribution in [0.2, 0.25) is 0 Å². The summed E-state index contributed by atoms with van der Waals surface area (Å²) in [6.45, 7) is 3.59. The molecular formula is C31H33N3O6. The average Bonchev–Trinajstić information content (AvgIpc) is 3.01. The van der Waals surface area contributed by atoms with E-state index >= 15 is 0 Å². The Balaban J connectivity index is 1.58. The SMILES string of the molecule is CCOC(=O)N1CCN(C(=O)[C@H]2c3ccccc3C(=O)N(c3ccc(OC)cc3)[C@H]2c2ccc(OC)cc2)CC1. The van der Waals surface area contributed by atoms with Gasteiger partial charge in [-0.2, -0.15) is 0 Å². The number of fused-ring (bicyclic) bond motifs is 1. The Hall–Kier alpha value is -4.53. The fraction of sp³-hybridized carbons (Fsp3) is 0.323. The highest BCUT2D eigenvalue weighted by atomic mass is 16.6. The largest absolute Gasteiger partial charge is 0.497 e. The van der Waals surface area contributed by atoms with E-state index < -0.39 is 12.0 Å². The van der Waals surface area contributed by atoms with Crippen LogP contribution in [-0.4, -0.2) is 74.7 Å². The monoisotopic (exact) mass is 543 g/mol. The lowest BCUT2D eigenvalue weighted by atomic mass is 9.78. The van der Waals surface area contributed by atoms with Crippen molar-refractivity contribution in [2.45, 2.75) is 18.9 Å². The molecule has 5 rings (SSSR count). The lowest BCUT2D eigenvalue weighted by molar-refractivity contribution is -0.135. The van der Waals surface area contributed by atoms with Crippen LogP contribution < -0.4 is 14.4 Å². The molecule has 0 aliphatic carbocycles. The molecule has 0 radical (unpaired) electrons. The average molecular weight is 544 g/mol. The molecule has 0 N–H and O–H groups in total. The van der Waals surface area contributed by atoms with Gasteiger partial charge in [-0.15, -0.1) is 0 Å². The maximum Gasteiger partial charge on any atom is 0.409 e. The summed E-state index contributed by atoms with van der Waals surface area (Å²) in [6.07, 6.45) is -0.370. The fourth-order valence-corrected chi connectivity index (χ4v) is 5.49. The standard InChI is InChI=1S/C31H33N3O6/c1-4-40-31(37)33-19-17-32(18-20-33)30(36)27-25-7-5-6-8-26(25)29(35)34(22-11-15-24(39-3)16-12-22)28(27)21-9-13-23(38-2)14-10-21/h5-16,27-28H,4,17-20H2,1-3H3/t27-,28-/m0/s1. The molecule has 1 saturated heterocycles. The summed E-state index contributed by atoms with van der Waals surface area (Å²) >= 11 is 0. The molecule has 2 heterocycles. The number of carbonyl (C=O) groups is 3. The molecule has 0 bridgehead atoms. The fourth-order valence-electron chi connectivity index (χ4n) is 5.49. The van der Waals surface area contributed by atoms with Gasteiger partial charge in [-0.05, 0) is 60.5 Å². The van der Waals surface area contributed by atoms with E-state index in [9.17, 15) is 14.4 Å². The Morgan fingerprint density at radius 2 is 1.38 bits per heavy atom. The summed E-state index contributed by atoms with van der Waals surface area (Å²) < 4.78 is 15.9. The van der Waals surface area contributed by atoms with Crippen LogP contribution in [0.15, 0.2) is 72.8 Å². The van der Waals surface area contributed by atoms with Crippen LogP contribution in [-0.2, 0) is 9.53 Å². The molecule has 9 nitrogen and oxygen atoms in total. The van der Waals surface area contributed by atoms with Crippen LogP contribution >= 0.6 is 0 Å². The quantitative estimate of drug-likeness (QED) is 0.455. The molecule has 0 saturated carbocycles. The number of benzene rings is 3. The van der Waals surface area contributed by atoms with E-state index in [1.165, 1.54) is 0 Å². The number of amides is 3. The number of hydrogen-bond acceptors (Lipinski definition) is 6. The molecule has 9 heteroatoms. The number of carbonyl (C=O) groups excluding carboxylic acids is 3. The number of anilines is 1. The van der Waals surface area contributed by atoms with Gasteiger partial charge in [-0.3, -0.25) is 14.5 Å². The Morgan fingerprint density at radius 1 is 0.800 bits per heavy atom. The van der Waals surface area contributed by atoms with Crippen molar-refractivity contribution in [3.63, 3.8) is 0 Å². The van der Waals surface area contributed by atoms with Crippen molar-refractivity contribution in [1.82, 2.24) is 9.80 Å². The zero-order valence-corrected chi connectivity index (χ0v) is 22.9. The predicted molar refractivity (Wildman–Crippen MR) is 150 cm³/mol. The van der Waals surface area contributed by atoms with E-state index in [2.05, 4.69) is 0 Å². The Kier molecular flexibility index (Phi) is 7.91. The van der Waals surface area contributed by atoms with Crippen molar-refractivity contribution < 1.29 is 28.6 Å². The zero-order chi connectivity index (χ0) is 28.2. The van der Waals surface area contributed by atoms with Crippen LogP contribution in [0, 0.1) is 0 Å². The van der Waals surface area contributed by atoms with Gasteiger partial charge in [0.05, 0.1) is 32.8 Å². The first kappa shape index (κ1) is 27.1. The minimum absolute atomic E-state index is 0.0946. The summed E-state index contributed by atoms with van der Waals surface area (Å²) in [4.78, 5) is 45.9. The van der Waals surface area contributed by atoms with Crippen LogP contribution in [0.3, 0.4) is 0 Å². The van der Waals surface area contributed by atoms with Gasteiger partial charge in [0.2, 0.25) is 5.91 Å². The highest BCUT2D eigenvalue weighted by molar-refractivity contribution is 6.11. The van der Waals surface area contributed by atoms with Gasteiger partial charge in [-0.25, -0.2) is 4.79 Å². The third-order valence-corrected chi connectivity index (χ3v) is 7.53. The molecule has 0 spiro atoms.